The minimum absolute atomic E-state index is 0.220. The van der Waals surface area contributed by atoms with E-state index in [9.17, 15) is 10.2 Å². The normalized spacial score (nSPS) is 15.3. The van der Waals surface area contributed by atoms with Gasteiger partial charge >= 0.3 is 0 Å². The molecule has 11 rings (SSSR count). The predicted octanol–water partition coefficient (Wildman–Crippen LogP) is 14.5. The molecule has 0 aliphatic heterocycles. The van der Waals surface area contributed by atoms with Crippen molar-refractivity contribution >= 4 is 43.6 Å². The van der Waals surface area contributed by atoms with Crippen LogP contribution >= 0.6 is 0 Å². The van der Waals surface area contributed by atoms with Crippen LogP contribution in [0.2, 0.25) is 0 Å². The molecule has 2 heterocycles. The third-order valence-electron chi connectivity index (χ3n) is 13.4. The summed E-state index contributed by atoms with van der Waals surface area (Å²) in [4.78, 5) is 0. The molecule has 0 bridgehead atoms. The molecule has 316 valence electrons. The second-order valence-corrected chi connectivity index (χ2v) is 17.5. The van der Waals surface area contributed by atoms with Crippen molar-refractivity contribution in [3.05, 3.63) is 181 Å². The van der Waals surface area contributed by atoms with Crippen molar-refractivity contribution < 1.29 is 19.7 Å². The first kappa shape index (κ1) is 39.4. The fourth-order valence-electron chi connectivity index (χ4n) is 10.4. The Hall–Kier alpha value is -7.44. The molecule has 10 aromatic rings. The lowest BCUT2D eigenvalue weighted by Crippen LogP contribution is -2.30. The quantitative estimate of drug-likeness (QED) is 0.144. The van der Waals surface area contributed by atoms with E-state index in [0.717, 1.165) is 126 Å². The monoisotopic (exact) mass is 838 g/mol. The smallest absolute Gasteiger partial charge is 0.147 e. The first-order valence-electron chi connectivity index (χ1n) is 22.5. The molecule has 8 aromatic carbocycles. The number of benzene rings is 8. The van der Waals surface area contributed by atoms with Crippen molar-refractivity contribution in [3.63, 3.8) is 0 Å². The second kappa shape index (κ2) is 16.4. The molecule has 2 N–H and O–H groups in total. The Morgan fingerprint density at radius 2 is 0.750 bits per heavy atom. The van der Waals surface area contributed by atoms with Gasteiger partial charge in [0.2, 0.25) is 0 Å². The molecule has 64 heavy (non-hydrogen) atoms. The van der Waals surface area contributed by atoms with E-state index in [2.05, 4.69) is 144 Å². The minimum atomic E-state index is 0.220. The van der Waals surface area contributed by atoms with Gasteiger partial charge < -0.3 is 28.8 Å². The van der Waals surface area contributed by atoms with Gasteiger partial charge in [-0.15, -0.1) is 0 Å². The van der Waals surface area contributed by atoms with Crippen LogP contribution in [-0.4, -0.2) is 32.6 Å². The van der Waals surface area contributed by atoms with Crippen LogP contribution < -0.4 is 9.47 Å². The van der Waals surface area contributed by atoms with Crippen LogP contribution in [0.5, 0.6) is 23.0 Å². The Labute approximate surface area is 373 Å². The number of rotatable bonds is 10. The Morgan fingerprint density at radius 1 is 0.422 bits per heavy atom. The SMILES string of the molecule is Cc1cc(-c2ccccc2OC[C@H]2CCCC[C@H]2COc2ccccc2-c2cc(C)cc(-n3c4ccccc4c4ccccc43)c2O)c(O)c(-n2c3ccccc3c3ccccc32)c1. The Bertz CT molecular complexity index is 3040. The number of para-hydroxylation sites is 6. The first-order valence-corrected chi connectivity index (χ1v) is 22.5. The van der Waals surface area contributed by atoms with Crippen LogP contribution in [0.25, 0.3) is 77.2 Å². The van der Waals surface area contributed by atoms with E-state index >= 15 is 0 Å². The maximum absolute atomic E-state index is 12.2. The van der Waals surface area contributed by atoms with Gasteiger partial charge in [-0.2, -0.15) is 0 Å². The number of hydrogen-bond donors (Lipinski definition) is 2. The average molecular weight is 839 g/mol. The number of aryl methyl sites for hydroxylation is 2. The van der Waals surface area contributed by atoms with E-state index in [1.165, 1.54) is 0 Å². The molecular weight excluding hydrogens is 789 g/mol. The highest BCUT2D eigenvalue weighted by molar-refractivity contribution is 6.10. The summed E-state index contributed by atoms with van der Waals surface area (Å²) in [6.07, 6.45) is 4.39. The van der Waals surface area contributed by atoms with E-state index in [4.69, 9.17) is 9.47 Å². The van der Waals surface area contributed by atoms with Crippen molar-refractivity contribution in [2.45, 2.75) is 39.5 Å². The van der Waals surface area contributed by atoms with E-state index in [1.54, 1.807) is 0 Å². The highest BCUT2D eigenvalue weighted by atomic mass is 16.5. The predicted molar refractivity (Wildman–Crippen MR) is 262 cm³/mol. The molecule has 2 aromatic heterocycles. The molecule has 2 atom stereocenters. The number of phenolic OH excluding ortho intramolecular Hbond substituents is 2. The van der Waals surface area contributed by atoms with Gasteiger partial charge in [-0.25, -0.2) is 0 Å². The molecule has 0 amide bonds. The summed E-state index contributed by atoms with van der Waals surface area (Å²) in [5.74, 6) is 2.50. The third kappa shape index (κ3) is 6.81. The van der Waals surface area contributed by atoms with Gasteiger partial charge in [0.25, 0.3) is 0 Å². The van der Waals surface area contributed by atoms with Gasteiger partial charge in [0.05, 0.1) is 46.7 Å². The third-order valence-corrected chi connectivity index (χ3v) is 13.4. The molecule has 0 radical (unpaired) electrons. The number of hydrogen-bond acceptors (Lipinski definition) is 4. The first-order chi connectivity index (χ1) is 31.4. The van der Waals surface area contributed by atoms with Crippen LogP contribution in [0.1, 0.15) is 36.8 Å². The Balaban J connectivity index is 0.868. The van der Waals surface area contributed by atoms with Crippen LogP contribution in [0.4, 0.5) is 0 Å². The van der Waals surface area contributed by atoms with Crippen LogP contribution in [-0.2, 0) is 0 Å². The molecule has 1 aliphatic rings. The fraction of sp³-hybridized carbons (Fsp3) is 0.172. The highest BCUT2D eigenvalue weighted by Gasteiger charge is 2.28. The van der Waals surface area contributed by atoms with E-state index in [-0.39, 0.29) is 23.3 Å². The molecule has 1 aliphatic carbocycles. The fourth-order valence-corrected chi connectivity index (χ4v) is 10.4. The zero-order valence-corrected chi connectivity index (χ0v) is 36.2. The van der Waals surface area contributed by atoms with Gasteiger partial charge in [-0.05, 0) is 110 Å². The summed E-state index contributed by atoms with van der Waals surface area (Å²) >= 11 is 0. The van der Waals surface area contributed by atoms with Crippen molar-refractivity contribution in [2.24, 2.45) is 11.8 Å². The lowest BCUT2D eigenvalue weighted by Gasteiger charge is -2.32. The summed E-state index contributed by atoms with van der Waals surface area (Å²) in [6, 6.07) is 57.9. The summed E-state index contributed by atoms with van der Waals surface area (Å²) in [7, 11) is 0. The van der Waals surface area contributed by atoms with Crippen molar-refractivity contribution in [1.82, 2.24) is 9.13 Å². The van der Waals surface area contributed by atoms with E-state index < -0.39 is 0 Å². The average Bonchev–Trinajstić information content (AvgIpc) is 3.85. The van der Waals surface area contributed by atoms with Crippen LogP contribution in [0, 0.1) is 25.7 Å². The van der Waals surface area contributed by atoms with Gasteiger partial charge in [0.1, 0.15) is 23.0 Å². The lowest BCUT2D eigenvalue weighted by molar-refractivity contribution is 0.105. The summed E-state index contributed by atoms with van der Waals surface area (Å²) < 4.78 is 18.0. The van der Waals surface area contributed by atoms with Gasteiger partial charge in [-0.1, -0.05) is 122 Å². The summed E-state index contributed by atoms with van der Waals surface area (Å²) in [5.41, 5.74) is 11.0. The van der Waals surface area contributed by atoms with Gasteiger partial charge in [0, 0.05) is 43.8 Å². The molecular formula is C58H50N2O4. The van der Waals surface area contributed by atoms with E-state index in [0.29, 0.717) is 13.2 Å². The number of fused-ring (bicyclic) bond motifs is 6. The Morgan fingerprint density at radius 3 is 1.12 bits per heavy atom. The molecule has 0 spiro atoms. The summed E-state index contributed by atoms with van der Waals surface area (Å²) in [5, 5.41) is 29.0. The van der Waals surface area contributed by atoms with Crippen LogP contribution in [0.15, 0.2) is 170 Å². The Kier molecular flexibility index (Phi) is 10.1. The minimum Gasteiger partial charge on any atom is -0.505 e. The van der Waals surface area contributed by atoms with Crippen LogP contribution in [0.3, 0.4) is 0 Å². The zero-order chi connectivity index (χ0) is 43.3. The van der Waals surface area contributed by atoms with Gasteiger partial charge in [0.15, 0.2) is 0 Å². The number of ether oxygens (including phenoxy) is 2. The largest absolute Gasteiger partial charge is 0.505 e. The lowest BCUT2D eigenvalue weighted by atomic mass is 9.80. The van der Waals surface area contributed by atoms with Crippen molar-refractivity contribution in [3.8, 4) is 56.6 Å². The zero-order valence-electron chi connectivity index (χ0n) is 36.2. The van der Waals surface area contributed by atoms with Crippen molar-refractivity contribution in [2.75, 3.05) is 13.2 Å². The number of aromatic hydroxyl groups is 2. The maximum atomic E-state index is 12.2. The highest BCUT2D eigenvalue weighted by Crippen LogP contribution is 2.45. The van der Waals surface area contributed by atoms with Gasteiger partial charge in [-0.3, -0.25) is 0 Å². The summed E-state index contributed by atoms with van der Waals surface area (Å²) in [6.45, 7) is 5.25. The molecule has 0 saturated heterocycles. The maximum Gasteiger partial charge on any atom is 0.147 e. The number of phenols is 2. The molecule has 6 nitrogen and oxygen atoms in total. The molecule has 6 heteroatoms. The molecule has 1 saturated carbocycles. The number of aromatic nitrogens is 2. The van der Waals surface area contributed by atoms with E-state index in [1.807, 2.05) is 48.5 Å². The van der Waals surface area contributed by atoms with Crippen molar-refractivity contribution in [1.29, 1.82) is 0 Å². The number of nitrogens with zero attached hydrogens (tertiary/aromatic N) is 2. The topological polar surface area (TPSA) is 68.8 Å². The second-order valence-electron chi connectivity index (χ2n) is 17.5. The standard InChI is InChI=1S/C58H50N2O4/c1-37-31-47(57(61)53(33-37)59-49-25-11-5-19-41(49)42-20-6-12-26-50(42)59)45-23-9-15-29-55(45)63-35-39-17-3-4-18-40(39)36-64-56-30-16-10-24-46(56)48-32-38(2)34-54(58(48)62)60-51-27-13-7-21-43(51)44-22-8-14-28-52(44)60/h5-16,19-34,39-40,61-62H,3-4,17-18,35-36H2,1-2H3/t39-,40+. The molecule has 1 fully saturated rings. The molecule has 0 unspecified atom stereocenters.